The van der Waals surface area contributed by atoms with Gasteiger partial charge in [-0.25, -0.2) is 0 Å². The normalized spacial score (nSPS) is 12.7. The van der Waals surface area contributed by atoms with Crippen molar-refractivity contribution < 1.29 is 26.3 Å². The summed E-state index contributed by atoms with van der Waals surface area (Å²) in [7, 11) is 1.28. The minimum Gasteiger partial charge on any atom is -0.383 e. The number of alkyl halides is 6. The molecule has 1 aromatic heterocycles. The fraction of sp³-hybridized carbons (Fsp3) is 0.250. The van der Waals surface area contributed by atoms with Crippen molar-refractivity contribution in [3.8, 4) is 11.3 Å². The first-order valence-corrected chi connectivity index (χ1v) is 7.53. The molecule has 2 rings (SSSR count). The molecule has 0 saturated carbocycles. The number of rotatable bonds is 2. The molecule has 0 atom stereocenters. The molecule has 132 valence electrons. The molecule has 0 spiro atoms. The Bertz CT molecular complexity index is 761. The number of hydrogen-bond donors (Lipinski definition) is 1. The molecule has 24 heavy (non-hydrogen) atoms. The Morgan fingerprint density at radius 1 is 1.08 bits per heavy atom. The number of aryl methyl sites for hydroxylation is 1. The number of anilines is 1. The summed E-state index contributed by atoms with van der Waals surface area (Å²) >= 11 is 11.1. The molecule has 0 radical (unpaired) electrons. The standard InChI is InChI=1S/C12H7Cl2F6N3S/c1-23-10(21)9(24-12(18,19)20)8(22-23)7-5(13)2-4(3-6(7)14)11(15,16)17/h2-3H,21H2,1H3. The molecule has 1 heterocycles. The molecular weight excluding hydrogens is 403 g/mol. The van der Waals surface area contributed by atoms with Crippen LogP contribution in [-0.4, -0.2) is 15.3 Å². The molecule has 0 fully saturated rings. The molecule has 1 aromatic carbocycles. The molecule has 12 heteroatoms. The Morgan fingerprint density at radius 3 is 2.00 bits per heavy atom. The minimum absolute atomic E-state index is 0.259. The lowest BCUT2D eigenvalue weighted by Crippen LogP contribution is -2.05. The molecule has 0 amide bonds. The van der Waals surface area contributed by atoms with Gasteiger partial charge in [-0.05, 0) is 23.9 Å². The number of halogens is 8. The first-order valence-electron chi connectivity index (χ1n) is 5.96. The molecule has 0 aliphatic heterocycles. The Morgan fingerprint density at radius 2 is 1.58 bits per heavy atom. The van der Waals surface area contributed by atoms with Gasteiger partial charge in [-0.15, -0.1) is 0 Å². The monoisotopic (exact) mass is 409 g/mol. The van der Waals surface area contributed by atoms with Crippen LogP contribution in [0, 0.1) is 0 Å². The number of nitrogens with two attached hydrogens (primary N) is 1. The van der Waals surface area contributed by atoms with Crippen molar-refractivity contribution in [1.82, 2.24) is 9.78 Å². The zero-order valence-corrected chi connectivity index (χ0v) is 13.9. The second-order valence-electron chi connectivity index (χ2n) is 4.55. The summed E-state index contributed by atoms with van der Waals surface area (Å²) < 4.78 is 77.3. The van der Waals surface area contributed by atoms with Crippen LogP contribution >= 0.6 is 35.0 Å². The Balaban J connectivity index is 2.67. The highest BCUT2D eigenvalue weighted by Gasteiger charge is 2.36. The third-order valence-electron chi connectivity index (χ3n) is 2.87. The van der Waals surface area contributed by atoms with E-state index in [4.69, 9.17) is 28.9 Å². The molecule has 2 aromatic rings. The van der Waals surface area contributed by atoms with Gasteiger partial charge in [0.1, 0.15) is 11.5 Å². The van der Waals surface area contributed by atoms with Gasteiger partial charge in [0.2, 0.25) is 0 Å². The van der Waals surface area contributed by atoms with Gasteiger partial charge >= 0.3 is 11.7 Å². The first kappa shape index (κ1) is 19.1. The highest BCUT2D eigenvalue weighted by Crippen LogP contribution is 2.48. The Kier molecular flexibility index (Phi) is 4.95. The van der Waals surface area contributed by atoms with Crippen molar-refractivity contribution in [2.75, 3.05) is 5.73 Å². The second kappa shape index (κ2) is 6.23. The summed E-state index contributed by atoms with van der Waals surface area (Å²) in [5.41, 5.74) is -0.858. The van der Waals surface area contributed by atoms with E-state index in [1.165, 1.54) is 7.05 Å². The lowest BCUT2D eigenvalue weighted by atomic mass is 10.1. The SMILES string of the molecule is Cn1nc(-c2c(Cl)cc(C(F)(F)F)cc2Cl)c(SC(F)(F)F)c1N. The van der Waals surface area contributed by atoms with E-state index in [9.17, 15) is 26.3 Å². The number of nitrogens with zero attached hydrogens (tertiary/aromatic N) is 2. The molecule has 0 aliphatic rings. The summed E-state index contributed by atoms with van der Waals surface area (Å²) in [5, 5.41) is 2.82. The molecule has 0 aliphatic carbocycles. The highest BCUT2D eigenvalue weighted by atomic mass is 35.5. The number of nitrogen functional groups attached to an aromatic ring is 1. The van der Waals surface area contributed by atoms with E-state index in [0.29, 0.717) is 12.1 Å². The first-order chi connectivity index (χ1) is 10.8. The number of thioether (sulfide) groups is 1. The van der Waals surface area contributed by atoms with Crippen molar-refractivity contribution in [1.29, 1.82) is 0 Å². The fourth-order valence-corrected chi connectivity index (χ4v) is 3.23. The van der Waals surface area contributed by atoms with Crippen molar-refractivity contribution in [2.24, 2.45) is 7.05 Å². The largest absolute Gasteiger partial charge is 0.446 e. The van der Waals surface area contributed by atoms with Gasteiger partial charge in [0, 0.05) is 12.6 Å². The van der Waals surface area contributed by atoms with E-state index < -0.39 is 44.0 Å². The molecular formula is C12H7Cl2F6N3S. The molecule has 0 unspecified atom stereocenters. The lowest BCUT2D eigenvalue weighted by Gasteiger charge is -2.12. The lowest BCUT2D eigenvalue weighted by molar-refractivity contribution is -0.137. The van der Waals surface area contributed by atoms with Crippen molar-refractivity contribution in [3.63, 3.8) is 0 Å². The summed E-state index contributed by atoms with van der Waals surface area (Å²) in [5.74, 6) is -0.320. The summed E-state index contributed by atoms with van der Waals surface area (Å²) in [6.07, 6.45) is -4.71. The topological polar surface area (TPSA) is 43.8 Å². The maximum Gasteiger partial charge on any atom is 0.446 e. The van der Waals surface area contributed by atoms with E-state index in [1.54, 1.807) is 0 Å². The molecule has 2 N–H and O–H groups in total. The van der Waals surface area contributed by atoms with E-state index >= 15 is 0 Å². The molecule has 3 nitrogen and oxygen atoms in total. The Labute approximate surface area is 145 Å². The van der Waals surface area contributed by atoms with Crippen LogP contribution in [-0.2, 0) is 13.2 Å². The van der Waals surface area contributed by atoms with Crippen LogP contribution in [0.2, 0.25) is 10.0 Å². The van der Waals surface area contributed by atoms with Crippen LogP contribution in [0.15, 0.2) is 17.0 Å². The Hall–Kier alpha value is -1.26. The predicted octanol–water partition coefficient (Wildman–Crippen LogP) is 5.61. The zero-order valence-electron chi connectivity index (χ0n) is 11.6. The van der Waals surface area contributed by atoms with Gasteiger partial charge in [0.15, 0.2) is 0 Å². The molecule has 0 saturated heterocycles. The number of aromatic nitrogens is 2. The minimum atomic E-state index is -4.71. The zero-order chi connectivity index (χ0) is 18.4. The van der Waals surface area contributed by atoms with Gasteiger partial charge in [0.25, 0.3) is 0 Å². The van der Waals surface area contributed by atoms with Crippen molar-refractivity contribution in [2.45, 2.75) is 16.6 Å². The number of hydrogen-bond acceptors (Lipinski definition) is 3. The third kappa shape index (κ3) is 3.86. The molecule has 0 bridgehead atoms. The average molecular weight is 410 g/mol. The van der Waals surface area contributed by atoms with Gasteiger partial charge in [0.05, 0.1) is 20.5 Å². The third-order valence-corrected chi connectivity index (χ3v) is 4.30. The van der Waals surface area contributed by atoms with Gasteiger partial charge in [-0.2, -0.15) is 31.4 Å². The van der Waals surface area contributed by atoms with Crippen LogP contribution in [0.25, 0.3) is 11.3 Å². The van der Waals surface area contributed by atoms with Crippen LogP contribution in [0.4, 0.5) is 32.2 Å². The van der Waals surface area contributed by atoms with Gasteiger partial charge in [-0.3, -0.25) is 4.68 Å². The van der Waals surface area contributed by atoms with E-state index in [1.807, 2.05) is 0 Å². The number of benzene rings is 1. The van der Waals surface area contributed by atoms with E-state index in [2.05, 4.69) is 5.10 Å². The highest BCUT2D eigenvalue weighted by molar-refractivity contribution is 8.00. The van der Waals surface area contributed by atoms with Crippen LogP contribution in [0.1, 0.15) is 5.56 Å². The predicted molar refractivity (Wildman–Crippen MR) is 80.0 cm³/mol. The van der Waals surface area contributed by atoms with Crippen molar-refractivity contribution >= 4 is 40.8 Å². The van der Waals surface area contributed by atoms with E-state index in [0.717, 1.165) is 4.68 Å². The van der Waals surface area contributed by atoms with Crippen LogP contribution < -0.4 is 5.73 Å². The van der Waals surface area contributed by atoms with Gasteiger partial charge < -0.3 is 5.73 Å². The summed E-state index contributed by atoms with van der Waals surface area (Å²) in [6.45, 7) is 0. The average Bonchev–Trinajstić information content (AvgIpc) is 2.63. The summed E-state index contributed by atoms with van der Waals surface area (Å²) in [4.78, 5) is -0.492. The second-order valence-corrected chi connectivity index (χ2v) is 6.44. The summed E-state index contributed by atoms with van der Waals surface area (Å²) in [6, 6.07) is 1.13. The van der Waals surface area contributed by atoms with Crippen LogP contribution in [0.5, 0.6) is 0 Å². The maximum absolute atomic E-state index is 12.7. The fourth-order valence-electron chi connectivity index (χ4n) is 1.86. The van der Waals surface area contributed by atoms with Crippen LogP contribution in [0.3, 0.4) is 0 Å². The van der Waals surface area contributed by atoms with Gasteiger partial charge in [-0.1, -0.05) is 23.2 Å². The van der Waals surface area contributed by atoms with Crippen molar-refractivity contribution in [3.05, 3.63) is 27.7 Å². The quantitative estimate of drug-likeness (QED) is 0.517. The van der Waals surface area contributed by atoms with E-state index in [-0.39, 0.29) is 17.1 Å². The maximum atomic E-state index is 12.7. The smallest absolute Gasteiger partial charge is 0.383 e.